The molecule has 30 heavy (non-hydrogen) atoms. The van der Waals surface area contributed by atoms with Gasteiger partial charge in [-0.15, -0.1) is 0 Å². The summed E-state index contributed by atoms with van der Waals surface area (Å²) in [5.74, 6) is -0.714. The van der Waals surface area contributed by atoms with Gasteiger partial charge in [-0.2, -0.15) is 0 Å². The first-order valence-corrected chi connectivity index (χ1v) is 11.3. The summed E-state index contributed by atoms with van der Waals surface area (Å²) in [6.07, 6.45) is 0.599. The van der Waals surface area contributed by atoms with Gasteiger partial charge in [-0.25, -0.2) is 13.1 Å². The molecule has 0 radical (unpaired) electrons. The summed E-state index contributed by atoms with van der Waals surface area (Å²) in [5, 5.41) is 0. The third-order valence-corrected chi connectivity index (χ3v) is 6.94. The van der Waals surface area contributed by atoms with E-state index in [1.54, 1.807) is 24.3 Å². The van der Waals surface area contributed by atoms with E-state index in [2.05, 4.69) is 4.72 Å². The van der Waals surface area contributed by atoms with Crippen molar-refractivity contribution in [1.29, 1.82) is 0 Å². The Bertz CT molecular complexity index is 1110. The van der Waals surface area contributed by atoms with Gasteiger partial charge in [0.1, 0.15) is 0 Å². The second kappa shape index (κ2) is 8.42. The number of methoxy groups -OCH3 is 1. The SMILES string of the molecule is COC(=O)[C@@H]1C[C@@H]1[C@@H](NS(=O)(=O)c1ccc(-c2ccccc2)cc1)c1ccccc1. The Labute approximate surface area is 176 Å². The van der Waals surface area contributed by atoms with E-state index in [4.69, 9.17) is 4.74 Å². The lowest BCUT2D eigenvalue weighted by molar-refractivity contribution is -0.142. The topological polar surface area (TPSA) is 72.5 Å². The zero-order valence-electron chi connectivity index (χ0n) is 16.6. The van der Waals surface area contributed by atoms with E-state index in [1.807, 2.05) is 60.7 Å². The molecule has 5 nitrogen and oxygen atoms in total. The molecule has 1 aliphatic carbocycles. The van der Waals surface area contributed by atoms with Gasteiger partial charge in [0, 0.05) is 0 Å². The van der Waals surface area contributed by atoms with Gasteiger partial charge < -0.3 is 4.74 Å². The molecule has 0 aromatic heterocycles. The van der Waals surface area contributed by atoms with Crippen LogP contribution in [0.5, 0.6) is 0 Å². The number of esters is 1. The van der Waals surface area contributed by atoms with Crippen molar-refractivity contribution in [1.82, 2.24) is 4.72 Å². The van der Waals surface area contributed by atoms with Crippen molar-refractivity contribution in [3.63, 3.8) is 0 Å². The lowest BCUT2D eigenvalue weighted by Gasteiger charge is -2.19. The average molecular weight is 422 g/mol. The molecular weight excluding hydrogens is 398 g/mol. The van der Waals surface area contributed by atoms with Gasteiger partial charge in [0.2, 0.25) is 10.0 Å². The minimum atomic E-state index is -3.77. The fourth-order valence-corrected chi connectivity index (χ4v) is 5.04. The molecule has 0 unspecified atom stereocenters. The Morgan fingerprint density at radius 1 is 0.900 bits per heavy atom. The molecule has 0 saturated heterocycles. The van der Waals surface area contributed by atoms with E-state index in [9.17, 15) is 13.2 Å². The fraction of sp³-hybridized carbons (Fsp3) is 0.208. The van der Waals surface area contributed by atoms with Crippen molar-refractivity contribution in [2.24, 2.45) is 11.8 Å². The Hall–Kier alpha value is -2.96. The number of carbonyl (C=O) groups excluding carboxylic acids is 1. The van der Waals surface area contributed by atoms with E-state index in [-0.39, 0.29) is 22.7 Å². The molecule has 3 aromatic rings. The zero-order chi connectivity index (χ0) is 21.1. The van der Waals surface area contributed by atoms with Gasteiger partial charge in [0.15, 0.2) is 0 Å². The third-order valence-electron chi connectivity index (χ3n) is 5.48. The van der Waals surface area contributed by atoms with E-state index in [0.29, 0.717) is 6.42 Å². The first-order valence-electron chi connectivity index (χ1n) is 9.80. The molecule has 0 spiro atoms. The third kappa shape index (κ3) is 4.30. The summed E-state index contributed by atoms with van der Waals surface area (Å²) in [7, 11) is -2.41. The minimum Gasteiger partial charge on any atom is -0.469 e. The quantitative estimate of drug-likeness (QED) is 0.581. The van der Waals surface area contributed by atoms with Crippen molar-refractivity contribution in [3.05, 3.63) is 90.5 Å². The van der Waals surface area contributed by atoms with Crippen LogP contribution in [0.2, 0.25) is 0 Å². The Morgan fingerprint density at radius 2 is 1.47 bits per heavy atom. The number of sulfonamides is 1. The first-order chi connectivity index (χ1) is 14.5. The summed E-state index contributed by atoms with van der Waals surface area (Å²) < 4.78 is 33.9. The molecule has 6 heteroatoms. The number of hydrogen-bond acceptors (Lipinski definition) is 4. The zero-order valence-corrected chi connectivity index (χ0v) is 17.4. The van der Waals surface area contributed by atoms with Crippen LogP contribution in [0.3, 0.4) is 0 Å². The normalized spacial score (nSPS) is 19.1. The van der Waals surface area contributed by atoms with Crippen LogP contribution in [0.1, 0.15) is 18.0 Å². The number of ether oxygens (including phenoxy) is 1. The Balaban J connectivity index is 1.58. The van der Waals surface area contributed by atoms with E-state index in [1.165, 1.54) is 7.11 Å². The molecule has 4 rings (SSSR count). The highest BCUT2D eigenvalue weighted by atomic mass is 32.2. The highest BCUT2D eigenvalue weighted by Crippen LogP contribution is 2.48. The molecule has 1 N–H and O–H groups in total. The van der Waals surface area contributed by atoms with E-state index in [0.717, 1.165) is 16.7 Å². The molecule has 0 amide bonds. The second-order valence-electron chi connectivity index (χ2n) is 7.43. The summed E-state index contributed by atoms with van der Waals surface area (Å²) >= 11 is 0. The van der Waals surface area contributed by atoms with E-state index >= 15 is 0 Å². The smallest absolute Gasteiger partial charge is 0.309 e. The summed E-state index contributed by atoms with van der Waals surface area (Å²) in [4.78, 5) is 12.1. The largest absolute Gasteiger partial charge is 0.469 e. The van der Waals surface area contributed by atoms with Gasteiger partial charge in [-0.1, -0.05) is 72.8 Å². The summed E-state index contributed by atoms with van der Waals surface area (Å²) in [6, 6.07) is 25.5. The molecule has 1 saturated carbocycles. The molecule has 0 heterocycles. The molecule has 0 bridgehead atoms. The minimum absolute atomic E-state index is 0.127. The predicted molar refractivity (Wildman–Crippen MR) is 115 cm³/mol. The van der Waals surface area contributed by atoms with E-state index < -0.39 is 16.1 Å². The highest BCUT2D eigenvalue weighted by molar-refractivity contribution is 7.89. The predicted octanol–water partition coefficient (Wildman–Crippen LogP) is 4.18. The maximum Gasteiger partial charge on any atom is 0.309 e. The Morgan fingerprint density at radius 3 is 2.07 bits per heavy atom. The Kier molecular flexibility index (Phi) is 5.70. The van der Waals surface area contributed by atoms with Crippen LogP contribution in [-0.4, -0.2) is 21.5 Å². The molecule has 3 atom stereocenters. The van der Waals surface area contributed by atoms with Gasteiger partial charge in [0.25, 0.3) is 0 Å². The average Bonchev–Trinajstić information content (AvgIpc) is 3.59. The molecular formula is C24H23NO4S. The maximum absolute atomic E-state index is 13.1. The standard InChI is InChI=1S/C24H23NO4S/c1-29-24(26)22-16-21(22)23(19-10-6-3-7-11-19)25-30(27,28)20-14-12-18(13-15-20)17-8-4-2-5-9-17/h2-15,21-23,25H,16H2,1H3/t21-,22+,23-/m0/s1. The van der Waals surface area contributed by atoms with Crippen molar-refractivity contribution in [3.8, 4) is 11.1 Å². The molecule has 0 aliphatic heterocycles. The van der Waals surface area contributed by atoms with Gasteiger partial charge in [0.05, 0.1) is 24.0 Å². The van der Waals surface area contributed by atoms with Crippen LogP contribution in [-0.2, 0) is 19.6 Å². The maximum atomic E-state index is 13.1. The van der Waals surface area contributed by atoms with Crippen molar-refractivity contribution >= 4 is 16.0 Å². The number of hydrogen-bond donors (Lipinski definition) is 1. The van der Waals surface area contributed by atoms with Crippen LogP contribution in [0.4, 0.5) is 0 Å². The first kappa shape index (κ1) is 20.3. The summed E-state index contributed by atoms with van der Waals surface area (Å²) in [5.41, 5.74) is 2.80. The highest BCUT2D eigenvalue weighted by Gasteiger charge is 2.50. The summed E-state index contributed by atoms with van der Waals surface area (Å²) in [6.45, 7) is 0. The van der Waals surface area contributed by atoms with Crippen molar-refractivity contribution < 1.29 is 17.9 Å². The van der Waals surface area contributed by atoms with Crippen molar-refractivity contribution in [2.75, 3.05) is 7.11 Å². The van der Waals surface area contributed by atoms with Crippen LogP contribution in [0.25, 0.3) is 11.1 Å². The second-order valence-corrected chi connectivity index (χ2v) is 9.14. The number of rotatable bonds is 7. The van der Waals surface area contributed by atoms with Gasteiger partial charge >= 0.3 is 5.97 Å². The molecule has 154 valence electrons. The number of benzene rings is 3. The lowest BCUT2D eigenvalue weighted by atomic mass is 10.0. The lowest BCUT2D eigenvalue weighted by Crippen LogP contribution is -2.31. The van der Waals surface area contributed by atoms with Crippen LogP contribution >= 0.6 is 0 Å². The van der Waals surface area contributed by atoms with Crippen LogP contribution in [0.15, 0.2) is 89.8 Å². The molecule has 3 aromatic carbocycles. The van der Waals surface area contributed by atoms with Crippen LogP contribution < -0.4 is 4.72 Å². The number of nitrogens with one attached hydrogen (secondary N) is 1. The van der Waals surface area contributed by atoms with Crippen LogP contribution in [0, 0.1) is 11.8 Å². The van der Waals surface area contributed by atoms with Gasteiger partial charge in [-0.3, -0.25) is 4.79 Å². The van der Waals surface area contributed by atoms with Gasteiger partial charge in [-0.05, 0) is 41.2 Å². The van der Waals surface area contributed by atoms with Crippen molar-refractivity contribution in [2.45, 2.75) is 17.4 Å². The number of carbonyl (C=O) groups is 1. The monoisotopic (exact) mass is 421 g/mol. The molecule has 1 aliphatic rings. The molecule has 1 fully saturated rings. The fourth-order valence-electron chi connectivity index (χ4n) is 3.76.